The van der Waals surface area contributed by atoms with Crippen molar-refractivity contribution in [3.63, 3.8) is 0 Å². The summed E-state index contributed by atoms with van der Waals surface area (Å²) in [5.74, 6) is -1.47. The number of ether oxygens (including phenoxy) is 2. The molecule has 0 saturated carbocycles. The number of hydrogen-bond donors (Lipinski definition) is 2. The van der Waals surface area contributed by atoms with E-state index in [9.17, 15) is 14.4 Å². The summed E-state index contributed by atoms with van der Waals surface area (Å²) < 4.78 is 10.7. The predicted octanol–water partition coefficient (Wildman–Crippen LogP) is 1.12. The molecule has 2 fully saturated rings. The van der Waals surface area contributed by atoms with E-state index in [-0.39, 0.29) is 24.8 Å². The highest BCUT2D eigenvalue weighted by molar-refractivity contribution is 5.98. The van der Waals surface area contributed by atoms with Gasteiger partial charge >= 0.3 is 5.97 Å². The summed E-state index contributed by atoms with van der Waals surface area (Å²) in [6.07, 6.45) is 0.933. The minimum Gasteiger partial charge on any atom is -0.481 e. The molecule has 140 valence electrons. The summed E-state index contributed by atoms with van der Waals surface area (Å²) in [6, 6.07) is 6.14. The Morgan fingerprint density at radius 1 is 1.27 bits per heavy atom. The Bertz CT molecular complexity index is 686. The molecular formula is C18H22N2O6. The number of aliphatic carboxylic acids is 1. The number of morpholine rings is 1. The Labute approximate surface area is 151 Å². The van der Waals surface area contributed by atoms with Gasteiger partial charge in [-0.05, 0) is 31.0 Å². The van der Waals surface area contributed by atoms with Crippen molar-refractivity contribution < 1.29 is 29.0 Å². The molecule has 0 aliphatic carbocycles. The van der Waals surface area contributed by atoms with E-state index < -0.39 is 18.1 Å². The summed E-state index contributed by atoms with van der Waals surface area (Å²) in [6.45, 7) is 1.49. The second kappa shape index (κ2) is 8.29. The molecule has 2 atom stereocenters. The molecule has 0 aromatic heterocycles. The van der Waals surface area contributed by atoms with Gasteiger partial charge in [0.2, 0.25) is 0 Å². The average Bonchev–Trinajstić information content (AvgIpc) is 3.16. The predicted molar refractivity (Wildman–Crippen MR) is 91.9 cm³/mol. The van der Waals surface area contributed by atoms with E-state index >= 15 is 0 Å². The van der Waals surface area contributed by atoms with Crippen molar-refractivity contribution in [2.45, 2.75) is 31.4 Å². The zero-order valence-electron chi connectivity index (χ0n) is 14.3. The van der Waals surface area contributed by atoms with E-state index in [0.29, 0.717) is 37.4 Å². The summed E-state index contributed by atoms with van der Waals surface area (Å²) in [7, 11) is 0. The Morgan fingerprint density at radius 2 is 2.12 bits per heavy atom. The van der Waals surface area contributed by atoms with E-state index in [2.05, 4.69) is 5.32 Å². The molecule has 8 nitrogen and oxygen atoms in total. The van der Waals surface area contributed by atoms with Gasteiger partial charge < -0.3 is 24.8 Å². The van der Waals surface area contributed by atoms with Gasteiger partial charge in [-0.2, -0.15) is 0 Å². The van der Waals surface area contributed by atoms with Crippen LogP contribution in [0.5, 0.6) is 0 Å². The second-order valence-corrected chi connectivity index (χ2v) is 6.40. The second-order valence-electron chi connectivity index (χ2n) is 6.40. The Hall–Kier alpha value is -2.45. The van der Waals surface area contributed by atoms with Gasteiger partial charge in [0.05, 0.1) is 25.7 Å². The molecule has 2 aliphatic heterocycles. The zero-order valence-corrected chi connectivity index (χ0v) is 14.3. The third kappa shape index (κ3) is 4.39. The molecule has 1 aromatic rings. The van der Waals surface area contributed by atoms with Crippen molar-refractivity contribution in [3.05, 3.63) is 29.8 Å². The number of nitrogens with one attached hydrogen (secondary N) is 1. The Morgan fingerprint density at radius 3 is 2.85 bits per heavy atom. The summed E-state index contributed by atoms with van der Waals surface area (Å²) in [5, 5.41) is 11.8. The van der Waals surface area contributed by atoms with Gasteiger partial charge in [-0.1, -0.05) is 6.07 Å². The number of carboxylic acid groups (broad SMARTS) is 1. The molecule has 0 spiro atoms. The van der Waals surface area contributed by atoms with Gasteiger partial charge in [0.1, 0.15) is 6.10 Å². The number of benzene rings is 1. The molecule has 2 saturated heterocycles. The topological polar surface area (TPSA) is 105 Å². The molecule has 2 heterocycles. The number of carboxylic acids is 1. The lowest BCUT2D eigenvalue weighted by atomic mass is 10.1. The number of amides is 2. The smallest absolute Gasteiger partial charge is 0.305 e. The maximum Gasteiger partial charge on any atom is 0.305 e. The molecule has 0 radical (unpaired) electrons. The lowest BCUT2D eigenvalue weighted by Crippen LogP contribution is -2.49. The fourth-order valence-corrected chi connectivity index (χ4v) is 3.20. The standard InChI is InChI=1S/C18H22N2O6/c21-16(22)10-14-11-25-8-6-20(14)18(24)12-3-1-4-13(9-12)19-17(23)15-5-2-7-26-15/h1,3-4,9,14-15H,2,5-8,10-11H2,(H,19,23)(H,21,22). The van der Waals surface area contributed by atoms with Gasteiger partial charge in [0.15, 0.2) is 0 Å². The Kier molecular flexibility index (Phi) is 5.85. The van der Waals surface area contributed by atoms with Crippen LogP contribution in [0.3, 0.4) is 0 Å². The minimum absolute atomic E-state index is 0.165. The van der Waals surface area contributed by atoms with Crippen LogP contribution < -0.4 is 5.32 Å². The van der Waals surface area contributed by atoms with E-state index in [1.165, 1.54) is 4.90 Å². The molecule has 2 N–H and O–H groups in total. The maximum absolute atomic E-state index is 12.8. The summed E-state index contributed by atoms with van der Waals surface area (Å²) in [4.78, 5) is 37.5. The average molecular weight is 362 g/mol. The maximum atomic E-state index is 12.8. The number of carbonyl (C=O) groups is 3. The first kappa shape index (κ1) is 18.3. The highest BCUT2D eigenvalue weighted by Gasteiger charge is 2.30. The number of carbonyl (C=O) groups excluding carboxylic acids is 2. The van der Waals surface area contributed by atoms with Crippen LogP contribution in [0.2, 0.25) is 0 Å². The van der Waals surface area contributed by atoms with Crippen molar-refractivity contribution in [2.24, 2.45) is 0 Å². The van der Waals surface area contributed by atoms with Crippen LogP contribution in [-0.2, 0) is 19.1 Å². The van der Waals surface area contributed by atoms with Crippen molar-refractivity contribution in [1.29, 1.82) is 0 Å². The van der Waals surface area contributed by atoms with E-state index in [4.69, 9.17) is 14.6 Å². The number of nitrogens with zero attached hydrogens (tertiary/aromatic N) is 1. The first-order valence-electron chi connectivity index (χ1n) is 8.67. The SMILES string of the molecule is O=C(O)CC1COCCN1C(=O)c1cccc(NC(=O)C2CCCO2)c1. The van der Waals surface area contributed by atoms with Gasteiger partial charge in [-0.25, -0.2) is 0 Å². The van der Waals surface area contributed by atoms with Crippen LogP contribution >= 0.6 is 0 Å². The first-order chi connectivity index (χ1) is 12.5. The van der Waals surface area contributed by atoms with Crippen LogP contribution in [0.1, 0.15) is 29.6 Å². The molecule has 2 aliphatic rings. The molecule has 2 amide bonds. The highest BCUT2D eigenvalue weighted by Crippen LogP contribution is 2.19. The normalized spacial score (nSPS) is 22.8. The molecular weight excluding hydrogens is 340 g/mol. The van der Waals surface area contributed by atoms with Crippen LogP contribution in [-0.4, -0.2) is 66.3 Å². The third-order valence-electron chi connectivity index (χ3n) is 4.50. The third-order valence-corrected chi connectivity index (χ3v) is 4.50. The zero-order chi connectivity index (χ0) is 18.5. The first-order valence-corrected chi connectivity index (χ1v) is 8.67. The molecule has 2 unspecified atom stereocenters. The quantitative estimate of drug-likeness (QED) is 0.813. The largest absolute Gasteiger partial charge is 0.481 e. The fourth-order valence-electron chi connectivity index (χ4n) is 3.20. The lowest BCUT2D eigenvalue weighted by molar-refractivity contribution is -0.139. The van der Waals surface area contributed by atoms with E-state index in [1.54, 1.807) is 24.3 Å². The van der Waals surface area contributed by atoms with Crippen molar-refractivity contribution in [3.8, 4) is 0 Å². The van der Waals surface area contributed by atoms with Crippen molar-refractivity contribution >= 4 is 23.5 Å². The van der Waals surface area contributed by atoms with E-state index in [0.717, 1.165) is 6.42 Å². The fraction of sp³-hybridized carbons (Fsp3) is 0.500. The monoisotopic (exact) mass is 362 g/mol. The molecule has 26 heavy (non-hydrogen) atoms. The van der Waals surface area contributed by atoms with Crippen LogP contribution in [0.15, 0.2) is 24.3 Å². The summed E-state index contributed by atoms with van der Waals surface area (Å²) in [5.41, 5.74) is 0.909. The van der Waals surface area contributed by atoms with Gasteiger partial charge in [-0.15, -0.1) is 0 Å². The van der Waals surface area contributed by atoms with Crippen molar-refractivity contribution in [1.82, 2.24) is 4.90 Å². The molecule has 1 aromatic carbocycles. The van der Waals surface area contributed by atoms with Crippen LogP contribution in [0, 0.1) is 0 Å². The van der Waals surface area contributed by atoms with Crippen molar-refractivity contribution in [2.75, 3.05) is 31.7 Å². The molecule has 8 heteroatoms. The lowest BCUT2D eigenvalue weighted by Gasteiger charge is -2.35. The van der Waals surface area contributed by atoms with Crippen LogP contribution in [0.25, 0.3) is 0 Å². The number of rotatable bonds is 5. The van der Waals surface area contributed by atoms with Gasteiger partial charge in [-0.3, -0.25) is 14.4 Å². The molecule has 3 rings (SSSR count). The summed E-state index contributed by atoms with van der Waals surface area (Å²) >= 11 is 0. The minimum atomic E-state index is -0.976. The molecule has 0 bridgehead atoms. The van der Waals surface area contributed by atoms with Crippen LogP contribution in [0.4, 0.5) is 5.69 Å². The number of hydrogen-bond acceptors (Lipinski definition) is 5. The van der Waals surface area contributed by atoms with Gasteiger partial charge in [0.25, 0.3) is 11.8 Å². The Balaban J connectivity index is 1.70. The van der Waals surface area contributed by atoms with Gasteiger partial charge in [0, 0.05) is 24.4 Å². The highest BCUT2D eigenvalue weighted by atomic mass is 16.5. The van der Waals surface area contributed by atoms with E-state index in [1.807, 2.05) is 0 Å². The number of anilines is 1.